The Balaban J connectivity index is 2.01. The standard InChI is InChI=1S/C19H13ClF2N2O/c20-14-6-4-13(5-7-14)19(25)24(12-16-3-1-2-10-23-16)18-9-8-15(21)11-17(18)22/h1-11H,12H2. The summed E-state index contributed by atoms with van der Waals surface area (Å²) in [5, 5.41) is 0.487. The second kappa shape index (κ2) is 7.40. The quantitative estimate of drug-likeness (QED) is 0.667. The minimum absolute atomic E-state index is 0.0213. The summed E-state index contributed by atoms with van der Waals surface area (Å²) in [5.74, 6) is -1.97. The highest BCUT2D eigenvalue weighted by atomic mass is 35.5. The highest BCUT2D eigenvalue weighted by Gasteiger charge is 2.22. The predicted molar refractivity (Wildman–Crippen MR) is 92.6 cm³/mol. The zero-order valence-electron chi connectivity index (χ0n) is 13.0. The first-order valence-electron chi connectivity index (χ1n) is 7.47. The van der Waals surface area contributed by atoms with Gasteiger partial charge in [0.15, 0.2) is 0 Å². The van der Waals surface area contributed by atoms with Gasteiger partial charge < -0.3 is 0 Å². The number of anilines is 1. The molecule has 0 fully saturated rings. The first-order valence-corrected chi connectivity index (χ1v) is 7.85. The van der Waals surface area contributed by atoms with Crippen molar-refractivity contribution in [2.75, 3.05) is 4.90 Å². The van der Waals surface area contributed by atoms with E-state index in [1.807, 2.05) is 0 Å². The molecular weight excluding hydrogens is 346 g/mol. The van der Waals surface area contributed by atoms with Crippen LogP contribution in [-0.4, -0.2) is 10.9 Å². The summed E-state index contributed by atoms with van der Waals surface area (Å²) in [4.78, 5) is 18.3. The number of hydrogen-bond donors (Lipinski definition) is 0. The lowest BCUT2D eigenvalue weighted by Gasteiger charge is -2.23. The van der Waals surface area contributed by atoms with Gasteiger partial charge in [0.1, 0.15) is 11.6 Å². The fourth-order valence-electron chi connectivity index (χ4n) is 2.37. The van der Waals surface area contributed by atoms with Crippen molar-refractivity contribution < 1.29 is 13.6 Å². The summed E-state index contributed by atoms with van der Waals surface area (Å²) in [7, 11) is 0. The summed E-state index contributed by atoms with van der Waals surface area (Å²) < 4.78 is 27.5. The number of carbonyl (C=O) groups is 1. The fourth-order valence-corrected chi connectivity index (χ4v) is 2.49. The van der Waals surface area contributed by atoms with Gasteiger partial charge in [0.05, 0.1) is 17.9 Å². The van der Waals surface area contributed by atoms with Crippen molar-refractivity contribution >= 4 is 23.2 Å². The Morgan fingerprint density at radius 3 is 2.44 bits per heavy atom. The maximum atomic E-state index is 14.3. The van der Waals surface area contributed by atoms with Crippen LogP contribution in [0.4, 0.5) is 14.5 Å². The summed E-state index contributed by atoms with van der Waals surface area (Å²) >= 11 is 5.85. The van der Waals surface area contributed by atoms with Crippen LogP contribution in [0.25, 0.3) is 0 Å². The molecule has 0 aliphatic heterocycles. The molecule has 0 saturated heterocycles. The van der Waals surface area contributed by atoms with Crippen molar-refractivity contribution in [2.45, 2.75) is 6.54 Å². The van der Waals surface area contributed by atoms with E-state index in [4.69, 9.17) is 11.6 Å². The minimum Gasteiger partial charge on any atom is -0.299 e. The van der Waals surface area contributed by atoms with E-state index in [0.717, 1.165) is 12.1 Å². The number of halogens is 3. The zero-order chi connectivity index (χ0) is 17.8. The van der Waals surface area contributed by atoms with E-state index in [0.29, 0.717) is 16.3 Å². The van der Waals surface area contributed by atoms with Crippen LogP contribution in [0.1, 0.15) is 16.1 Å². The Bertz CT molecular complexity index is 886. The Morgan fingerprint density at radius 1 is 1.04 bits per heavy atom. The number of aromatic nitrogens is 1. The highest BCUT2D eigenvalue weighted by Crippen LogP contribution is 2.24. The number of hydrogen-bond acceptors (Lipinski definition) is 2. The summed E-state index contributed by atoms with van der Waals surface area (Å²) in [6.45, 7) is 0.0465. The van der Waals surface area contributed by atoms with Gasteiger partial charge in [-0.2, -0.15) is 0 Å². The van der Waals surface area contributed by atoms with Crippen molar-refractivity contribution in [3.63, 3.8) is 0 Å². The predicted octanol–water partition coefficient (Wildman–Crippen LogP) is 4.86. The van der Waals surface area contributed by atoms with E-state index in [1.165, 1.54) is 11.0 Å². The summed E-state index contributed by atoms with van der Waals surface area (Å²) in [6, 6.07) is 14.6. The van der Waals surface area contributed by atoms with Gasteiger partial charge in [0.25, 0.3) is 5.91 Å². The molecule has 0 radical (unpaired) electrons. The van der Waals surface area contributed by atoms with Crippen molar-refractivity contribution in [3.05, 3.63) is 94.8 Å². The van der Waals surface area contributed by atoms with Crippen molar-refractivity contribution in [1.82, 2.24) is 4.98 Å². The van der Waals surface area contributed by atoms with Crippen LogP contribution in [-0.2, 0) is 6.54 Å². The van der Waals surface area contributed by atoms with Gasteiger partial charge in [-0.05, 0) is 48.5 Å². The third kappa shape index (κ3) is 4.00. The maximum Gasteiger partial charge on any atom is 0.258 e. The van der Waals surface area contributed by atoms with Crippen LogP contribution in [0.2, 0.25) is 5.02 Å². The van der Waals surface area contributed by atoms with Gasteiger partial charge in [-0.1, -0.05) is 17.7 Å². The third-order valence-corrected chi connectivity index (χ3v) is 3.84. The monoisotopic (exact) mass is 358 g/mol. The number of carbonyl (C=O) groups excluding carboxylic acids is 1. The summed E-state index contributed by atoms with van der Waals surface area (Å²) in [5.41, 5.74) is 0.893. The van der Waals surface area contributed by atoms with E-state index in [-0.39, 0.29) is 12.2 Å². The molecule has 0 spiro atoms. The van der Waals surface area contributed by atoms with Crippen LogP contribution in [0.3, 0.4) is 0 Å². The first-order chi connectivity index (χ1) is 12.0. The average molecular weight is 359 g/mol. The summed E-state index contributed by atoms with van der Waals surface area (Å²) in [6.07, 6.45) is 1.58. The SMILES string of the molecule is O=C(c1ccc(Cl)cc1)N(Cc1ccccn1)c1ccc(F)cc1F. The molecule has 0 bridgehead atoms. The highest BCUT2D eigenvalue weighted by molar-refractivity contribution is 6.30. The molecule has 3 aromatic rings. The Morgan fingerprint density at radius 2 is 1.80 bits per heavy atom. The lowest BCUT2D eigenvalue weighted by atomic mass is 10.1. The number of nitrogens with zero attached hydrogens (tertiary/aromatic N) is 2. The minimum atomic E-state index is -0.821. The molecule has 0 aliphatic carbocycles. The smallest absolute Gasteiger partial charge is 0.258 e. The Hall–Kier alpha value is -2.79. The average Bonchev–Trinajstić information content (AvgIpc) is 2.61. The van der Waals surface area contributed by atoms with Crippen LogP contribution in [0, 0.1) is 11.6 Å². The van der Waals surface area contributed by atoms with Gasteiger partial charge >= 0.3 is 0 Å². The molecule has 0 N–H and O–H groups in total. The maximum absolute atomic E-state index is 14.3. The molecule has 1 heterocycles. The molecular formula is C19H13ClF2N2O. The van der Waals surface area contributed by atoms with Gasteiger partial charge in [-0.3, -0.25) is 14.7 Å². The molecule has 0 atom stereocenters. The molecule has 0 unspecified atom stereocenters. The fraction of sp³-hybridized carbons (Fsp3) is 0.0526. The van der Waals surface area contributed by atoms with Crippen LogP contribution in [0.15, 0.2) is 66.9 Å². The number of rotatable bonds is 4. The lowest BCUT2D eigenvalue weighted by Crippen LogP contribution is -2.31. The van der Waals surface area contributed by atoms with E-state index in [9.17, 15) is 13.6 Å². The first kappa shape index (κ1) is 17.0. The molecule has 0 saturated carbocycles. The van der Waals surface area contributed by atoms with Crippen molar-refractivity contribution in [2.24, 2.45) is 0 Å². The molecule has 1 amide bonds. The molecule has 6 heteroatoms. The topological polar surface area (TPSA) is 33.2 Å². The van der Waals surface area contributed by atoms with Gasteiger partial charge in [-0.15, -0.1) is 0 Å². The zero-order valence-corrected chi connectivity index (χ0v) is 13.8. The van der Waals surface area contributed by atoms with Gasteiger partial charge in [-0.25, -0.2) is 8.78 Å². The molecule has 3 rings (SSSR count). The molecule has 3 nitrogen and oxygen atoms in total. The molecule has 1 aromatic heterocycles. The van der Waals surface area contributed by atoms with Crippen LogP contribution >= 0.6 is 11.6 Å². The molecule has 25 heavy (non-hydrogen) atoms. The second-order valence-electron chi connectivity index (χ2n) is 5.31. The van der Waals surface area contributed by atoms with E-state index in [2.05, 4.69) is 4.98 Å². The van der Waals surface area contributed by atoms with Crippen molar-refractivity contribution in [1.29, 1.82) is 0 Å². The third-order valence-electron chi connectivity index (χ3n) is 3.58. The van der Waals surface area contributed by atoms with Crippen LogP contribution in [0.5, 0.6) is 0 Å². The van der Waals surface area contributed by atoms with E-state index in [1.54, 1.807) is 48.7 Å². The molecule has 126 valence electrons. The number of amides is 1. The van der Waals surface area contributed by atoms with Gasteiger partial charge in [0, 0.05) is 22.8 Å². The van der Waals surface area contributed by atoms with Gasteiger partial charge in [0.2, 0.25) is 0 Å². The largest absolute Gasteiger partial charge is 0.299 e. The van der Waals surface area contributed by atoms with Crippen LogP contribution < -0.4 is 4.90 Å². The van der Waals surface area contributed by atoms with E-state index >= 15 is 0 Å². The molecule has 0 aliphatic rings. The number of benzene rings is 2. The normalized spacial score (nSPS) is 10.5. The second-order valence-corrected chi connectivity index (χ2v) is 5.75. The van der Waals surface area contributed by atoms with Crippen molar-refractivity contribution in [3.8, 4) is 0 Å². The lowest BCUT2D eigenvalue weighted by molar-refractivity contribution is 0.0984. The number of pyridine rings is 1. The Kier molecular flexibility index (Phi) is 5.05. The molecule has 2 aromatic carbocycles. The Labute approximate surface area is 148 Å². The van der Waals surface area contributed by atoms with E-state index < -0.39 is 17.5 Å².